The Morgan fingerprint density at radius 2 is 2.00 bits per heavy atom. The highest BCUT2D eigenvalue weighted by Gasteiger charge is 2.30. The molecule has 0 radical (unpaired) electrons. The maximum Gasteiger partial charge on any atom is 0.406 e. The standard InChI is InChI=1S/C16H22F4N4O/c1-3-21-15(22-8-7-12-5-4-6-13(17)9-12)23-10-14(25)24(2)11-16(18,19)20/h4-6,9H,3,7-8,10-11H2,1-2H3,(H2,21,22,23). The molecular weight excluding hydrogens is 340 g/mol. The first-order chi connectivity index (χ1) is 11.7. The number of benzene rings is 1. The molecule has 0 aliphatic carbocycles. The van der Waals surface area contributed by atoms with Crippen molar-refractivity contribution in [1.82, 2.24) is 15.5 Å². The average Bonchev–Trinajstić information content (AvgIpc) is 2.50. The van der Waals surface area contributed by atoms with Gasteiger partial charge in [-0.15, -0.1) is 0 Å². The molecule has 1 aromatic rings. The van der Waals surface area contributed by atoms with Gasteiger partial charge in [0.2, 0.25) is 5.91 Å². The van der Waals surface area contributed by atoms with Crippen molar-refractivity contribution in [2.45, 2.75) is 19.5 Å². The van der Waals surface area contributed by atoms with Crippen LogP contribution in [0.15, 0.2) is 29.3 Å². The Balaban J connectivity index is 2.51. The predicted molar refractivity (Wildman–Crippen MR) is 87.8 cm³/mol. The number of alkyl halides is 3. The number of halogens is 4. The predicted octanol–water partition coefficient (Wildman–Crippen LogP) is 1.94. The number of rotatable bonds is 7. The first-order valence-corrected chi connectivity index (χ1v) is 7.78. The summed E-state index contributed by atoms with van der Waals surface area (Å²) in [6.45, 7) is 1.06. The van der Waals surface area contributed by atoms with Crippen molar-refractivity contribution in [3.05, 3.63) is 35.6 Å². The molecule has 1 aromatic carbocycles. The number of nitrogens with one attached hydrogen (secondary N) is 2. The highest BCUT2D eigenvalue weighted by molar-refractivity contribution is 5.84. The Morgan fingerprint density at radius 3 is 2.60 bits per heavy atom. The SMILES string of the molecule is CCNC(=NCC(=O)N(C)CC(F)(F)F)NCCc1cccc(F)c1. The maximum absolute atomic E-state index is 13.1. The number of nitrogens with zero attached hydrogens (tertiary/aromatic N) is 2. The number of guanidine groups is 1. The highest BCUT2D eigenvalue weighted by Crippen LogP contribution is 2.15. The van der Waals surface area contributed by atoms with Gasteiger partial charge >= 0.3 is 6.18 Å². The number of aliphatic imine (C=N–C) groups is 1. The van der Waals surface area contributed by atoms with Crippen LogP contribution < -0.4 is 10.6 Å². The molecule has 5 nitrogen and oxygen atoms in total. The molecule has 0 spiro atoms. The van der Waals surface area contributed by atoms with Crippen LogP contribution in [0.3, 0.4) is 0 Å². The molecular formula is C16H22F4N4O. The minimum absolute atomic E-state index is 0.313. The topological polar surface area (TPSA) is 56.7 Å². The molecule has 0 heterocycles. The van der Waals surface area contributed by atoms with Gasteiger partial charge in [-0.05, 0) is 31.0 Å². The van der Waals surface area contributed by atoms with E-state index >= 15 is 0 Å². The Hall–Kier alpha value is -2.32. The van der Waals surface area contributed by atoms with Crippen LogP contribution in [0.4, 0.5) is 17.6 Å². The molecule has 140 valence electrons. The van der Waals surface area contributed by atoms with Crippen LogP contribution in [0.25, 0.3) is 0 Å². The number of likely N-dealkylation sites (N-methyl/N-ethyl adjacent to an activating group) is 1. The molecule has 0 atom stereocenters. The molecule has 9 heteroatoms. The molecule has 0 saturated heterocycles. The number of carbonyl (C=O) groups is 1. The van der Waals surface area contributed by atoms with Crippen LogP contribution in [0.5, 0.6) is 0 Å². The van der Waals surface area contributed by atoms with Crippen molar-refractivity contribution in [1.29, 1.82) is 0 Å². The first kappa shape index (κ1) is 20.7. The van der Waals surface area contributed by atoms with Gasteiger partial charge in [0.15, 0.2) is 5.96 Å². The quantitative estimate of drug-likeness (QED) is 0.443. The van der Waals surface area contributed by atoms with E-state index in [-0.39, 0.29) is 5.82 Å². The zero-order valence-electron chi connectivity index (χ0n) is 14.2. The summed E-state index contributed by atoms with van der Waals surface area (Å²) in [6.07, 6.45) is -3.91. The molecule has 0 bridgehead atoms. The Labute approximate surface area is 144 Å². The molecule has 25 heavy (non-hydrogen) atoms. The van der Waals surface area contributed by atoms with Gasteiger partial charge in [0.05, 0.1) is 0 Å². The van der Waals surface area contributed by atoms with E-state index in [2.05, 4.69) is 15.6 Å². The lowest BCUT2D eigenvalue weighted by Gasteiger charge is -2.18. The molecule has 0 aromatic heterocycles. The molecule has 0 aliphatic rings. The van der Waals surface area contributed by atoms with Crippen LogP contribution >= 0.6 is 0 Å². The second-order valence-electron chi connectivity index (χ2n) is 5.37. The van der Waals surface area contributed by atoms with E-state index in [4.69, 9.17) is 0 Å². The van der Waals surface area contributed by atoms with Gasteiger partial charge in [-0.25, -0.2) is 9.38 Å². The van der Waals surface area contributed by atoms with Crippen LogP contribution in [-0.4, -0.2) is 56.2 Å². The fraction of sp³-hybridized carbons (Fsp3) is 0.500. The fourth-order valence-corrected chi connectivity index (χ4v) is 1.98. The van der Waals surface area contributed by atoms with Crippen LogP contribution in [0.1, 0.15) is 12.5 Å². The Kier molecular flexibility index (Phi) is 8.17. The van der Waals surface area contributed by atoms with Crippen molar-refractivity contribution < 1.29 is 22.4 Å². The maximum atomic E-state index is 13.1. The van der Waals surface area contributed by atoms with E-state index in [9.17, 15) is 22.4 Å². The van der Waals surface area contributed by atoms with Gasteiger partial charge in [0.1, 0.15) is 18.9 Å². The average molecular weight is 362 g/mol. The minimum Gasteiger partial charge on any atom is -0.357 e. The zero-order valence-corrected chi connectivity index (χ0v) is 14.2. The summed E-state index contributed by atoms with van der Waals surface area (Å²) in [5.41, 5.74) is 0.796. The Bertz CT molecular complexity index is 590. The summed E-state index contributed by atoms with van der Waals surface area (Å²) in [7, 11) is 1.08. The van der Waals surface area contributed by atoms with Gasteiger partial charge < -0.3 is 15.5 Å². The number of carbonyl (C=O) groups excluding carboxylic acids is 1. The van der Waals surface area contributed by atoms with Crippen molar-refractivity contribution >= 4 is 11.9 Å². The van der Waals surface area contributed by atoms with E-state index in [1.54, 1.807) is 12.1 Å². The molecule has 1 rings (SSSR count). The van der Waals surface area contributed by atoms with E-state index in [0.29, 0.717) is 30.4 Å². The van der Waals surface area contributed by atoms with E-state index in [0.717, 1.165) is 12.6 Å². The summed E-state index contributed by atoms with van der Waals surface area (Å²) in [5, 5.41) is 5.85. The molecule has 0 fully saturated rings. The third kappa shape index (κ3) is 8.92. The monoisotopic (exact) mass is 362 g/mol. The lowest BCUT2D eigenvalue weighted by atomic mass is 10.1. The summed E-state index contributed by atoms with van der Waals surface area (Å²) in [6, 6.07) is 6.16. The molecule has 0 saturated carbocycles. The summed E-state index contributed by atoms with van der Waals surface area (Å²) in [4.78, 5) is 16.2. The third-order valence-corrected chi connectivity index (χ3v) is 3.15. The summed E-state index contributed by atoms with van der Waals surface area (Å²) >= 11 is 0. The molecule has 0 unspecified atom stereocenters. The lowest BCUT2D eigenvalue weighted by molar-refractivity contribution is -0.157. The van der Waals surface area contributed by atoms with Crippen LogP contribution in [-0.2, 0) is 11.2 Å². The van der Waals surface area contributed by atoms with E-state index < -0.39 is 25.2 Å². The normalized spacial score (nSPS) is 12.0. The highest BCUT2D eigenvalue weighted by atomic mass is 19.4. The summed E-state index contributed by atoms with van der Waals surface area (Å²) in [5.74, 6) is -0.747. The van der Waals surface area contributed by atoms with E-state index in [1.807, 2.05) is 6.92 Å². The van der Waals surface area contributed by atoms with Gasteiger partial charge in [-0.1, -0.05) is 12.1 Å². The van der Waals surface area contributed by atoms with Crippen LogP contribution in [0, 0.1) is 5.82 Å². The molecule has 2 N–H and O–H groups in total. The second-order valence-corrected chi connectivity index (χ2v) is 5.37. The summed E-state index contributed by atoms with van der Waals surface area (Å²) < 4.78 is 49.9. The van der Waals surface area contributed by atoms with E-state index in [1.165, 1.54) is 12.1 Å². The zero-order chi connectivity index (χ0) is 18.9. The molecule has 1 amide bonds. The number of hydrogen-bond donors (Lipinski definition) is 2. The van der Waals surface area contributed by atoms with Crippen molar-refractivity contribution in [3.8, 4) is 0 Å². The van der Waals surface area contributed by atoms with Gasteiger partial charge in [-0.2, -0.15) is 13.2 Å². The van der Waals surface area contributed by atoms with Gasteiger partial charge in [0, 0.05) is 20.1 Å². The molecule has 0 aliphatic heterocycles. The minimum atomic E-state index is -4.44. The first-order valence-electron chi connectivity index (χ1n) is 7.78. The van der Waals surface area contributed by atoms with Crippen molar-refractivity contribution in [2.24, 2.45) is 4.99 Å². The third-order valence-electron chi connectivity index (χ3n) is 3.15. The van der Waals surface area contributed by atoms with Gasteiger partial charge in [-0.3, -0.25) is 4.79 Å². The van der Waals surface area contributed by atoms with Crippen molar-refractivity contribution in [2.75, 3.05) is 33.2 Å². The fourth-order valence-electron chi connectivity index (χ4n) is 1.98. The Morgan fingerprint density at radius 1 is 1.28 bits per heavy atom. The number of amides is 1. The van der Waals surface area contributed by atoms with Crippen LogP contribution in [0.2, 0.25) is 0 Å². The smallest absolute Gasteiger partial charge is 0.357 e. The lowest BCUT2D eigenvalue weighted by Crippen LogP contribution is -2.40. The van der Waals surface area contributed by atoms with Crippen molar-refractivity contribution in [3.63, 3.8) is 0 Å². The van der Waals surface area contributed by atoms with Gasteiger partial charge in [0.25, 0.3) is 0 Å². The second kappa shape index (κ2) is 9.85. The largest absolute Gasteiger partial charge is 0.406 e. The number of hydrogen-bond acceptors (Lipinski definition) is 2.